The van der Waals surface area contributed by atoms with Crippen molar-refractivity contribution < 1.29 is 15.0 Å². The van der Waals surface area contributed by atoms with Gasteiger partial charge in [0.1, 0.15) is 11.5 Å². The Morgan fingerprint density at radius 2 is 2.00 bits per heavy atom. The second-order valence-corrected chi connectivity index (χ2v) is 9.70. The second kappa shape index (κ2) is 8.43. The molecule has 34 heavy (non-hydrogen) atoms. The summed E-state index contributed by atoms with van der Waals surface area (Å²) in [5, 5.41) is 23.2. The van der Waals surface area contributed by atoms with E-state index in [1.165, 1.54) is 0 Å². The number of hydrogen-bond acceptors (Lipinski definition) is 6. The summed E-state index contributed by atoms with van der Waals surface area (Å²) in [6.07, 6.45) is 4.22. The summed E-state index contributed by atoms with van der Waals surface area (Å²) >= 11 is 0. The Morgan fingerprint density at radius 3 is 2.68 bits per heavy atom. The minimum Gasteiger partial charge on any atom is -0.478 e. The third-order valence-corrected chi connectivity index (χ3v) is 7.36. The van der Waals surface area contributed by atoms with Crippen LogP contribution >= 0.6 is 0 Å². The Balaban J connectivity index is 1.60. The fourth-order valence-corrected chi connectivity index (χ4v) is 5.53. The lowest BCUT2D eigenvalue weighted by Gasteiger charge is -2.48. The monoisotopic (exact) mass is 462 g/mol. The van der Waals surface area contributed by atoms with Gasteiger partial charge in [0.05, 0.1) is 23.3 Å². The summed E-state index contributed by atoms with van der Waals surface area (Å²) in [6.45, 7) is 6.40. The first-order valence-corrected chi connectivity index (χ1v) is 11.8. The molecule has 2 aliphatic heterocycles. The van der Waals surface area contributed by atoms with Gasteiger partial charge < -0.3 is 20.4 Å². The number of nitrogens with zero attached hydrogens (tertiary/aromatic N) is 3. The van der Waals surface area contributed by atoms with Gasteiger partial charge in [-0.1, -0.05) is 12.1 Å². The molecule has 0 amide bonds. The van der Waals surface area contributed by atoms with Crippen molar-refractivity contribution in [3.63, 3.8) is 0 Å². The van der Waals surface area contributed by atoms with E-state index in [9.17, 15) is 19.8 Å². The van der Waals surface area contributed by atoms with Crippen LogP contribution in [0, 0.1) is 19.8 Å². The van der Waals surface area contributed by atoms with Gasteiger partial charge >= 0.3 is 5.97 Å². The van der Waals surface area contributed by atoms with Crippen molar-refractivity contribution in [1.82, 2.24) is 9.38 Å². The number of carboxylic acid groups (broad SMARTS) is 1. The summed E-state index contributed by atoms with van der Waals surface area (Å²) in [6, 6.07) is 8.67. The highest BCUT2D eigenvalue weighted by Gasteiger charge is 2.41. The number of anilines is 2. The number of para-hydroxylation sites is 1. The highest BCUT2D eigenvalue weighted by molar-refractivity contribution is 5.94. The predicted octanol–water partition coefficient (Wildman–Crippen LogP) is 3.53. The van der Waals surface area contributed by atoms with E-state index in [4.69, 9.17) is 4.98 Å². The topological polar surface area (TPSA) is 107 Å². The number of aromatic carboxylic acids is 1. The number of nitrogens with one attached hydrogen (secondary N) is 1. The zero-order chi connectivity index (χ0) is 24.1. The molecule has 1 aliphatic carbocycles. The smallest absolute Gasteiger partial charge is 0.337 e. The summed E-state index contributed by atoms with van der Waals surface area (Å²) in [7, 11) is 0. The maximum Gasteiger partial charge on any atom is 0.337 e. The Labute approximate surface area is 197 Å². The average Bonchev–Trinajstić information content (AvgIpc) is 2.81. The molecule has 4 atom stereocenters. The fraction of sp³-hybridized carbons (Fsp3) is 0.423. The average molecular weight is 463 g/mol. The number of pyridine rings is 1. The molecule has 3 aliphatic rings. The van der Waals surface area contributed by atoms with Gasteiger partial charge in [-0.15, -0.1) is 0 Å². The van der Waals surface area contributed by atoms with Crippen LogP contribution in [0.5, 0.6) is 0 Å². The number of hydrogen-bond donors (Lipinski definition) is 3. The molecule has 3 aromatic rings. The largest absolute Gasteiger partial charge is 0.478 e. The van der Waals surface area contributed by atoms with Crippen molar-refractivity contribution in [2.45, 2.75) is 58.2 Å². The van der Waals surface area contributed by atoms with Crippen molar-refractivity contribution in [3.8, 4) is 0 Å². The molecule has 2 bridgehead atoms. The molecule has 6 rings (SSSR count). The van der Waals surface area contributed by atoms with E-state index in [1.54, 1.807) is 34.9 Å². The number of fused-ring (bicyclic) bond motifs is 4. The number of carbonyl (C=O) groups is 1. The summed E-state index contributed by atoms with van der Waals surface area (Å²) < 4.78 is 1.60. The Bertz CT molecular complexity index is 1330. The second-order valence-electron chi connectivity index (χ2n) is 9.70. The molecule has 8 heteroatoms. The summed E-state index contributed by atoms with van der Waals surface area (Å²) in [4.78, 5) is 32.3. The van der Waals surface area contributed by atoms with E-state index < -0.39 is 5.97 Å². The van der Waals surface area contributed by atoms with Crippen LogP contribution < -0.4 is 15.8 Å². The molecule has 3 N–H and O–H groups in total. The number of benzene rings is 1. The Kier molecular flexibility index (Phi) is 5.56. The zero-order valence-electron chi connectivity index (χ0n) is 19.7. The van der Waals surface area contributed by atoms with Crippen LogP contribution in [0.3, 0.4) is 0 Å². The maximum absolute atomic E-state index is 13.4. The Morgan fingerprint density at radius 1 is 1.24 bits per heavy atom. The molecule has 3 unspecified atom stereocenters. The van der Waals surface area contributed by atoms with Gasteiger partial charge in [-0.05, 0) is 63.8 Å². The van der Waals surface area contributed by atoms with Crippen LogP contribution in [0.1, 0.15) is 59.3 Å². The van der Waals surface area contributed by atoms with E-state index in [-0.39, 0.29) is 35.2 Å². The third-order valence-electron chi connectivity index (χ3n) is 7.36. The van der Waals surface area contributed by atoms with Crippen LogP contribution in [0.2, 0.25) is 0 Å². The van der Waals surface area contributed by atoms with Crippen molar-refractivity contribution in [1.29, 1.82) is 0 Å². The number of carboxylic acids is 1. The first-order valence-electron chi connectivity index (χ1n) is 11.8. The highest BCUT2D eigenvalue weighted by Crippen LogP contribution is 2.38. The fourth-order valence-electron chi connectivity index (χ4n) is 5.53. The first-order chi connectivity index (χ1) is 16.2. The summed E-state index contributed by atoms with van der Waals surface area (Å²) in [5.41, 5.74) is 3.50. The van der Waals surface area contributed by atoms with Crippen LogP contribution in [0.15, 0.2) is 41.3 Å². The predicted molar refractivity (Wildman–Crippen MR) is 131 cm³/mol. The van der Waals surface area contributed by atoms with E-state index in [0.717, 1.165) is 24.0 Å². The Hall–Kier alpha value is -3.39. The van der Waals surface area contributed by atoms with Gasteiger partial charge in [0.2, 0.25) is 0 Å². The molecule has 2 aromatic heterocycles. The van der Waals surface area contributed by atoms with Crippen molar-refractivity contribution >= 4 is 23.1 Å². The van der Waals surface area contributed by atoms with E-state index >= 15 is 0 Å². The molecule has 1 aromatic carbocycles. The zero-order valence-corrected chi connectivity index (χ0v) is 19.7. The van der Waals surface area contributed by atoms with Crippen LogP contribution in [0.25, 0.3) is 5.65 Å². The molecular formula is C26H30N4O4. The maximum atomic E-state index is 13.4. The van der Waals surface area contributed by atoms with Crippen molar-refractivity contribution in [2.24, 2.45) is 5.92 Å². The first kappa shape index (κ1) is 22.4. The van der Waals surface area contributed by atoms with Gasteiger partial charge in [-0.3, -0.25) is 9.20 Å². The molecule has 4 heterocycles. The normalized spacial score (nSPS) is 22.7. The minimum absolute atomic E-state index is 0.106. The van der Waals surface area contributed by atoms with Gasteiger partial charge in [-0.25, -0.2) is 9.78 Å². The van der Waals surface area contributed by atoms with Crippen molar-refractivity contribution in [2.75, 3.05) is 16.8 Å². The quantitative estimate of drug-likeness (QED) is 0.532. The third kappa shape index (κ3) is 3.72. The lowest BCUT2D eigenvalue weighted by molar-refractivity contribution is 0.0369. The molecule has 8 nitrogen and oxygen atoms in total. The minimum atomic E-state index is -1.00. The SMILES string of the molecule is Cc1cc([C@@H](C)Nc2ccccc2C(=O)O)c2nc(N3CC4CCC3CC4O)c(C)c(=O)n2c1. The van der Waals surface area contributed by atoms with E-state index in [2.05, 4.69) is 10.2 Å². The van der Waals surface area contributed by atoms with Gasteiger partial charge in [0.25, 0.3) is 5.56 Å². The number of aliphatic hydroxyl groups excluding tert-OH is 1. The summed E-state index contributed by atoms with van der Waals surface area (Å²) in [5.74, 6) is -0.107. The van der Waals surface area contributed by atoms with Gasteiger partial charge in [-0.2, -0.15) is 0 Å². The van der Waals surface area contributed by atoms with Crippen LogP contribution in [-0.2, 0) is 0 Å². The molecule has 0 spiro atoms. The number of aryl methyl sites for hydroxylation is 1. The molecule has 2 saturated heterocycles. The van der Waals surface area contributed by atoms with E-state index in [1.807, 2.05) is 26.8 Å². The molecule has 0 radical (unpaired) electrons. The standard InChI is InChI=1S/C26H30N4O4/c1-14-10-20(16(3)27-21-7-5-4-6-19(21)26(33)34)24-28-23(15(2)25(32)30(24)12-14)29-13-17-8-9-18(29)11-22(17)31/h4-7,10,12,16-18,22,27,31H,8-9,11,13H2,1-3H3,(H,33,34)/t16-,17?,18?,22?/m1/s1. The van der Waals surface area contributed by atoms with Crippen molar-refractivity contribution in [3.05, 3.63) is 69.1 Å². The highest BCUT2D eigenvalue weighted by atomic mass is 16.4. The number of aromatic nitrogens is 2. The van der Waals surface area contributed by atoms with Crippen LogP contribution in [0.4, 0.5) is 11.5 Å². The van der Waals surface area contributed by atoms with Gasteiger partial charge in [0.15, 0.2) is 0 Å². The molecular weight excluding hydrogens is 432 g/mol. The van der Waals surface area contributed by atoms with E-state index in [0.29, 0.717) is 35.7 Å². The molecule has 3 fully saturated rings. The lowest BCUT2D eigenvalue weighted by atomic mass is 9.77. The van der Waals surface area contributed by atoms with Gasteiger partial charge in [0, 0.05) is 36.0 Å². The molecule has 1 saturated carbocycles. The lowest BCUT2D eigenvalue weighted by Crippen LogP contribution is -2.55. The number of piperidine rings is 2. The number of aliphatic hydroxyl groups is 1. The molecule has 178 valence electrons. The number of rotatable bonds is 5. The van der Waals surface area contributed by atoms with Crippen LogP contribution in [-0.4, -0.2) is 44.3 Å².